The number of aliphatic carboxylic acids is 1. The second-order valence-electron chi connectivity index (χ2n) is 5.28. The Morgan fingerprint density at radius 3 is 2.95 bits per heavy atom. The summed E-state index contributed by atoms with van der Waals surface area (Å²) in [5, 5.41) is 24.0. The fourth-order valence-electron chi connectivity index (χ4n) is 2.93. The number of quaternary nitrogens is 1. The standard InChI is InChI=1S/C14H16N2O4/c1-14(13(18)19)12-7(3-4-15-14)8-5-10(17)11(20-2)6-9(8)16-12/h5-6,15-17H,3-4H2,1-2H3,(H,18,19)/t14-/m1/s1. The normalized spacial score (nSPS) is 21.7. The zero-order chi connectivity index (χ0) is 14.5. The van der Waals surface area contributed by atoms with Crippen molar-refractivity contribution >= 4 is 16.9 Å². The predicted molar refractivity (Wildman–Crippen MR) is 69.4 cm³/mol. The van der Waals surface area contributed by atoms with Crippen molar-refractivity contribution in [1.82, 2.24) is 4.98 Å². The number of ether oxygens (including phenoxy) is 1. The van der Waals surface area contributed by atoms with Crippen molar-refractivity contribution in [2.45, 2.75) is 18.9 Å². The summed E-state index contributed by atoms with van der Waals surface area (Å²) in [6.45, 7) is 2.30. The number of phenolic OH excluding ortho intramolecular Hbond substituents is 1. The van der Waals surface area contributed by atoms with Crippen LogP contribution in [0, 0.1) is 0 Å². The van der Waals surface area contributed by atoms with Crippen LogP contribution in [0.25, 0.3) is 10.9 Å². The van der Waals surface area contributed by atoms with Gasteiger partial charge in [-0.05, 0) is 11.6 Å². The molecule has 106 valence electrons. The lowest BCUT2D eigenvalue weighted by atomic mass is 9.88. The average molecular weight is 276 g/mol. The molecule has 0 saturated carbocycles. The van der Waals surface area contributed by atoms with Gasteiger partial charge in [0.15, 0.2) is 17.0 Å². The third kappa shape index (κ3) is 1.58. The molecular formula is C14H16N2O4. The van der Waals surface area contributed by atoms with Gasteiger partial charge in [0, 0.05) is 24.8 Å². The molecule has 0 fully saturated rings. The fourth-order valence-corrected chi connectivity index (χ4v) is 2.93. The van der Waals surface area contributed by atoms with E-state index >= 15 is 0 Å². The lowest BCUT2D eigenvalue weighted by Gasteiger charge is -2.32. The number of benzene rings is 1. The number of fused-ring (bicyclic) bond motifs is 3. The molecule has 2 aromatic rings. The van der Waals surface area contributed by atoms with E-state index in [1.165, 1.54) is 7.11 Å². The Morgan fingerprint density at radius 1 is 1.55 bits per heavy atom. The van der Waals surface area contributed by atoms with Crippen molar-refractivity contribution in [2.24, 2.45) is 0 Å². The van der Waals surface area contributed by atoms with Crippen LogP contribution in [-0.2, 0) is 16.8 Å². The molecule has 6 heteroatoms. The van der Waals surface area contributed by atoms with Crippen molar-refractivity contribution in [3.63, 3.8) is 0 Å². The Hall–Kier alpha value is -2.21. The van der Waals surface area contributed by atoms with E-state index in [9.17, 15) is 15.0 Å². The number of phenols is 1. The van der Waals surface area contributed by atoms with Crippen LogP contribution in [0.1, 0.15) is 18.2 Å². The minimum absolute atomic E-state index is 0.0477. The molecule has 1 aromatic heterocycles. The average Bonchev–Trinajstić information content (AvgIpc) is 2.77. The Labute approximate surface area is 115 Å². The summed E-state index contributed by atoms with van der Waals surface area (Å²) in [4.78, 5) is 14.6. The molecule has 0 radical (unpaired) electrons. The van der Waals surface area contributed by atoms with E-state index in [1.807, 2.05) is 0 Å². The summed E-state index contributed by atoms with van der Waals surface area (Å²) >= 11 is 0. The molecule has 0 spiro atoms. The van der Waals surface area contributed by atoms with Gasteiger partial charge < -0.3 is 30.0 Å². The van der Waals surface area contributed by atoms with E-state index in [0.717, 1.165) is 22.9 Å². The highest BCUT2D eigenvalue weighted by atomic mass is 16.5. The number of carbonyl (C=O) groups is 1. The van der Waals surface area contributed by atoms with Crippen LogP contribution in [0.3, 0.4) is 0 Å². The summed E-state index contributed by atoms with van der Waals surface area (Å²) in [5.74, 6) is -0.720. The van der Waals surface area contributed by atoms with Gasteiger partial charge in [0.1, 0.15) is 5.97 Å². The number of H-pyrrole nitrogens is 1. The number of hydrogen-bond donors (Lipinski definition) is 3. The maximum Gasteiger partial charge on any atom is 0.174 e. The van der Waals surface area contributed by atoms with Gasteiger partial charge in [0.2, 0.25) is 0 Å². The number of rotatable bonds is 2. The quantitative estimate of drug-likeness (QED) is 0.652. The van der Waals surface area contributed by atoms with Gasteiger partial charge in [-0.25, -0.2) is 0 Å². The minimum Gasteiger partial charge on any atom is -0.543 e. The molecule has 1 aromatic carbocycles. The SMILES string of the molecule is COc1cc2[nH]c3c(c2cc1O)CC[NH2+][C@@]3(C)C(=O)[O-]. The molecule has 2 heterocycles. The molecule has 1 aliphatic heterocycles. The molecule has 20 heavy (non-hydrogen) atoms. The van der Waals surface area contributed by atoms with E-state index in [2.05, 4.69) is 4.98 Å². The van der Waals surface area contributed by atoms with E-state index in [-0.39, 0.29) is 5.75 Å². The second kappa shape index (κ2) is 4.14. The molecule has 0 unspecified atom stereocenters. The first-order valence-electron chi connectivity index (χ1n) is 6.45. The molecule has 0 amide bonds. The molecule has 3 rings (SSSR count). The number of aromatic nitrogens is 1. The number of carboxylic acid groups (broad SMARTS) is 1. The Balaban J connectivity index is 2.29. The van der Waals surface area contributed by atoms with Crippen molar-refractivity contribution in [3.8, 4) is 11.5 Å². The van der Waals surface area contributed by atoms with Crippen LogP contribution in [0.2, 0.25) is 0 Å². The number of hydrogen-bond acceptors (Lipinski definition) is 4. The second-order valence-corrected chi connectivity index (χ2v) is 5.28. The number of nitrogens with two attached hydrogens (primary N) is 1. The van der Waals surface area contributed by atoms with Crippen LogP contribution >= 0.6 is 0 Å². The van der Waals surface area contributed by atoms with E-state index in [1.54, 1.807) is 24.4 Å². The molecule has 0 saturated heterocycles. The molecule has 1 aliphatic rings. The summed E-state index contributed by atoms with van der Waals surface area (Å²) < 4.78 is 5.08. The van der Waals surface area contributed by atoms with Gasteiger partial charge in [-0.3, -0.25) is 0 Å². The predicted octanol–water partition coefficient (Wildman–Crippen LogP) is -1.03. The van der Waals surface area contributed by atoms with Crippen LogP contribution < -0.4 is 15.2 Å². The zero-order valence-corrected chi connectivity index (χ0v) is 11.3. The van der Waals surface area contributed by atoms with Crippen molar-refractivity contribution in [2.75, 3.05) is 13.7 Å². The van der Waals surface area contributed by atoms with Gasteiger partial charge in [-0.15, -0.1) is 0 Å². The first-order valence-corrected chi connectivity index (χ1v) is 6.45. The topological polar surface area (TPSA) is 102 Å². The monoisotopic (exact) mass is 276 g/mol. The van der Waals surface area contributed by atoms with Crippen molar-refractivity contribution in [1.29, 1.82) is 0 Å². The molecule has 6 nitrogen and oxygen atoms in total. The Bertz CT molecular complexity index is 707. The number of aromatic amines is 1. The molecule has 0 aliphatic carbocycles. The first-order chi connectivity index (χ1) is 9.47. The first kappa shape index (κ1) is 12.8. The van der Waals surface area contributed by atoms with Crippen molar-refractivity contribution in [3.05, 3.63) is 23.4 Å². The molecule has 4 N–H and O–H groups in total. The summed E-state index contributed by atoms with van der Waals surface area (Å²) in [5.41, 5.74) is 1.18. The number of aromatic hydroxyl groups is 1. The molecule has 0 bridgehead atoms. The number of methoxy groups -OCH3 is 1. The molecular weight excluding hydrogens is 260 g/mol. The zero-order valence-electron chi connectivity index (χ0n) is 11.3. The van der Waals surface area contributed by atoms with Gasteiger partial charge in [-0.2, -0.15) is 0 Å². The van der Waals surface area contributed by atoms with E-state index in [4.69, 9.17) is 4.74 Å². The van der Waals surface area contributed by atoms with Crippen molar-refractivity contribution < 1.29 is 25.1 Å². The van der Waals surface area contributed by atoms with Crippen LogP contribution in [-0.4, -0.2) is 29.7 Å². The number of nitrogens with one attached hydrogen (secondary N) is 1. The van der Waals surface area contributed by atoms with E-state index in [0.29, 0.717) is 18.0 Å². The Kier molecular flexibility index (Phi) is 2.65. The highest BCUT2D eigenvalue weighted by Crippen LogP contribution is 2.36. The molecule has 1 atom stereocenters. The van der Waals surface area contributed by atoms with Gasteiger partial charge in [0.05, 0.1) is 24.9 Å². The summed E-state index contributed by atoms with van der Waals surface area (Å²) in [6.07, 6.45) is 0.740. The third-order valence-corrected chi connectivity index (χ3v) is 4.10. The van der Waals surface area contributed by atoms with Gasteiger partial charge in [-0.1, -0.05) is 0 Å². The fraction of sp³-hybridized carbons (Fsp3) is 0.357. The number of carboxylic acids is 1. The summed E-state index contributed by atoms with van der Waals surface area (Å²) in [7, 11) is 1.47. The van der Waals surface area contributed by atoms with Gasteiger partial charge >= 0.3 is 0 Å². The third-order valence-electron chi connectivity index (χ3n) is 4.10. The number of carbonyl (C=O) groups excluding carboxylic acids is 1. The highest BCUT2D eigenvalue weighted by Gasteiger charge is 2.40. The maximum atomic E-state index is 11.5. The largest absolute Gasteiger partial charge is 0.543 e. The maximum absolute atomic E-state index is 11.5. The summed E-state index contributed by atoms with van der Waals surface area (Å²) in [6, 6.07) is 3.29. The van der Waals surface area contributed by atoms with Crippen LogP contribution in [0.5, 0.6) is 11.5 Å². The van der Waals surface area contributed by atoms with Crippen LogP contribution in [0.15, 0.2) is 12.1 Å². The van der Waals surface area contributed by atoms with E-state index < -0.39 is 11.5 Å². The smallest absolute Gasteiger partial charge is 0.174 e. The minimum atomic E-state index is -1.13. The lowest BCUT2D eigenvalue weighted by Crippen LogP contribution is -2.99. The lowest BCUT2D eigenvalue weighted by molar-refractivity contribution is -0.728. The van der Waals surface area contributed by atoms with Crippen LogP contribution in [0.4, 0.5) is 0 Å². The Morgan fingerprint density at radius 2 is 2.30 bits per heavy atom. The highest BCUT2D eigenvalue weighted by molar-refractivity contribution is 5.90. The van der Waals surface area contributed by atoms with Gasteiger partial charge in [0.25, 0.3) is 0 Å².